The molecule has 0 bridgehead atoms. The Labute approximate surface area is 177 Å². The van der Waals surface area contributed by atoms with E-state index in [2.05, 4.69) is 80.5 Å². The molecule has 1 amide bonds. The van der Waals surface area contributed by atoms with Gasteiger partial charge >= 0.3 is 0 Å². The first-order valence-corrected chi connectivity index (χ1v) is 10.9. The second-order valence-electron chi connectivity index (χ2n) is 8.50. The van der Waals surface area contributed by atoms with Gasteiger partial charge in [-0.2, -0.15) is 0 Å². The smallest absolute Gasteiger partial charge is 0.227 e. The van der Waals surface area contributed by atoms with E-state index in [1.165, 1.54) is 5.57 Å². The summed E-state index contributed by atoms with van der Waals surface area (Å²) in [6, 6.07) is 0.310. The van der Waals surface area contributed by atoms with Crippen LogP contribution >= 0.6 is 0 Å². The fraction of sp³-hybridized carbons (Fsp3) is 0.360. The minimum Gasteiger partial charge on any atom is -0.347 e. The van der Waals surface area contributed by atoms with Crippen molar-refractivity contribution in [3.8, 4) is 0 Å². The molecule has 1 aromatic heterocycles. The summed E-state index contributed by atoms with van der Waals surface area (Å²) in [6.07, 6.45) is 27.0. The van der Waals surface area contributed by atoms with Crippen molar-refractivity contribution in [3.63, 3.8) is 0 Å². The molecule has 1 saturated heterocycles. The highest BCUT2D eigenvalue weighted by Gasteiger charge is 2.32. The molecular formula is C25H28N4O. The molecule has 0 aromatic carbocycles. The largest absolute Gasteiger partial charge is 0.347 e. The van der Waals surface area contributed by atoms with Gasteiger partial charge in [-0.25, -0.2) is 4.98 Å². The topological polar surface area (TPSA) is 52.2 Å². The van der Waals surface area contributed by atoms with E-state index < -0.39 is 0 Å². The highest BCUT2D eigenvalue weighted by Crippen LogP contribution is 2.30. The molecule has 3 unspecified atom stereocenters. The number of aromatic amines is 1. The number of allylic oxidation sites excluding steroid dienone is 9. The third-order valence-electron chi connectivity index (χ3n) is 6.50. The van der Waals surface area contributed by atoms with Gasteiger partial charge in [0.15, 0.2) is 0 Å². The predicted molar refractivity (Wildman–Crippen MR) is 118 cm³/mol. The molecule has 3 atom stereocenters. The zero-order valence-corrected chi connectivity index (χ0v) is 17.2. The van der Waals surface area contributed by atoms with Gasteiger partial charge in [0.2, 0.25) is 5.91 Å². The van der Waals surface area contributed by atoms with Gasteiger partial charge in [0.05, 0.1) is 12.7 Å². The molecule has 4 aliphatic rings. The molecule has 1 aromatic rings. The predicted octanol–water partition coefficient (Wildman–Crippen LogP) is 3.55. The number of hydrogen-bond acceptors (Lipinski definition) is 3. The van der Waals surface area contributed by atoms with Gasteiger partial charge in [-0.3, -0.25) is 9.69 Å². The summed E-state index contributed by atoms with van der Waals surface area (Å²) in [5.41, 5.74) is 3.55. The summed E-state index contributed by atoms with van der Waals surface area (Å²) in [5.74, 6) is 1.01. The lowest BCUT2D eigenvalue weighted by Gasteiger charge is -2.32. The molecule has 5 rings (SSSR count). The molecule has 0 saturated carbocycles. The van der Waals surface area contributed by atoms with Gasteiger partial charge < -0.3 is 9.88 Å². The summed E-state index contributed by atoms with van der Waals surface area (Å²) in [4.78, 5) is 25.1. The van der Waals surface area contributed by atoms with Crippen LogP contribution in [0.15, 0.2) is 84.4 Å². The summed E-state index contributed by atoms with van der Waals surface area (Å²) in [5, 5.41) is 0. The fourth-order valence-corrected chi connectivity index (χ4v) is 4.85. The van der Waals surface area contributed by atoms with E-state index in [1.807, 2.05) is 6.20 Å². The number of fused-ring (bicyclic) bond motifs is 2. The number of H-pyrrole nitrogens is 1. The van der Waals surface area contributed by atoms with E-state index in [-0.39, 0.29) is 5.91 Å². The average Bonchev–Trinajstić information content (AvgIpc) is 3.22. The Kier molecular flexibility index (Phi) is 5.37. The van der Waals surface area contributed by atoms with Crippen LogP contribution in [0.2, 0.25) is 0 Å². The van der Waals surface area contributed by atoms with E-state index in [4.69, 9.17) is 0 Å². The van der Waals surface area contributed by atoms with Crippen LogP contribution in [-0.4, -0.2) is 51.4 Å². The third kappa shape index (κ3) is 4.03. The maximum absolute atomic E-state index is 13.2. The maximum Gasteiger partial charge on any atom is 0.227 e. The zero-order chi connectivity index (χ0) is 20.3. The second kappa shape index (κ2) is 8.44. The number of nitrogens with zero attached hydrogens (tertiary/aromatic N) is 3. The standard InChI is InChI=1S/C25H28N4O/c30-25(14-19-9-10-20-5-1-2-6-21(20)13-19)29-12-11-28(17-23-15-26-18-27-23)24-8-4-3-7-22(24)16-29/h1-4,6-10,13,15,18,20,22,24H,5,11-12,14,16-17H2,(H,26,27). The van der Waals surface area contributed by atoms with E-state index >= 15 is 0 Å². The van der Waals surface area contributed by atoms with Crippen LogP contribution in [0.25, 0.3) is 0 Å². The molecule has 3 aliphatic carbocycles. The van der Waals surface area contributed by atoms with Crippen LogP contribution < -0.4 is 0 Å². The van der Waals surface area contributed by atoms with E-state index in [0.29, 0.717) is 24.3 Å². The second-order valence-corrected chi connectivity index (χ2v) is 8.50. The van der Waals surface area contributed by atoms with Gasteiger partial charge in [-0.1, -0.05) is 60.8 Å². The van der Waals surface area contributed by atoms with Gasteiger partial charge in [0.1, 0.15) is 0 Å². The van der Waals surface area contributed by atoms with Crippen molar-refractivity contribution in [2.75, 3.05) is 19.6 Å². The minimum atomic E-state index is 0.224. The first-order chi connectivity index (χ1) is 14.8. The minimum absolute atomic E-state index is 0.224. The number of nitrogens with one attached hydrogen (secondary N) is 1. The maximum atomic E-state index is 13.2. The van der Waals surface area contributed by atoms with Crippen molar-refractivity contribution >= 4 is 5.91 Å². The number of aromatic nitrogens is 2. The molecule has 1 fully saturated rings. The van der Waals surface area contributed by atoms with Gasteiger partial charge in [-0.15, -0.1) is 0 Å². The Morgan fingerprint density at radius 2 is 2.10 bits per heavy atom. The van der Waals surface area contributed by atoms with Crippen molar-refractivity contribution < 1.29 is 4.79 Å². The Morgan fingerprint density at radius 1 is 1.17 bits per heavy atom. The lowest BCUT2D eigenvalue weighted by Crippen LogP contribution is -2.39. The number of hydrogen-bond donors (Lipinski definition) is 1. The summed E-state index contributed by atoms with van der Waals surface area (Å²) in [7, 11) is 0. The van der Waals surface area contributed by atoms with Crippen LogP contribution in [0.1, 0.15) is 18.5 Å². The van der Waals surface area contributed by atoms with Gasteiger partial charge in [-0.05, 0) is 17.6 Å². The monoisotopic (exact) mass is 400 g/mol. The summed E-state index contributed by atoms with van der Waals surface area (Å²) in [6.45, 7) is 3.21. The Bertz CT molecular complexity index is 963. The van der Waals surface area contributed by atoms with Gasteiger partial charge in [0.25, 0.3) is 0 Å². The first kappa shape index (κ1) is 19.1. The molecule has 1 N–H and O–H groups in total. The molecule has 0 radical (unpaired) electrons. The van der Waals surface area contributed by atoms with Crippen LogP contribution in [0.4, 0.5) is 0 Å². The normalized spacial score (nSPS) is 27.9. The number of amides is 1. The Morgan fingerprint density at radius 3 is 3.00 bits per heavy atom. The quantitative estimate of drug-likeness (QED) is 0.841. The number of carbonyl (C=O) groups is 1. The molecule has 5 nitrogen and oxygen atoms in total. The Balaban J connectivity index is 1.29. The molecular weight excluding hydrogens is 372 g/mol. The van der Waals surface area contributed by atoms with Crippen molar-refractivity contribution in [1.29, 1.82) is 0 Å². The van der Waals surface area contributed by atoms with E-state index in [9.17, 15) is 4.79 Å². The van der Waals surface area contributed by atoms with Crippen LogP contribution in [-0.2, 0) is 11.3 Å². The SMILES string of the molecule is O=C(CC1=CC2=CC=CCC2C=C1)N1CCN(Cc2cnc[nH]2)C2C=CC=CC2C1. The van der Waals surface area contributed by atoms with Crippen molar-refractivity contribution in [2.45, 2.75) is 25.4 Å². The molecule has 154 valence electrons. The molecule has 30 heavy (non-hydrogen) atoms. The van der Waals surface area contributed by atoms with Crippen molar-refractivity contribution in [1.82, 2.24) is 19.8 Å². The van der Waals surface area contributed by atoms with Crippen LogP contribution in [0.3, 0.4) is 0 Å². The highest BCUT2D eigenvalue weighted by molar-refractivity contribution is 5.80. The lowest BCUT2D eigenvalue weighted by molar-refractivity contribution is -0.130. The number of rotatable bonds is 4. The molecule has 0 spiro atoms. The Hall–Kier alpha value is -2.92. The van der Waals surface area contributed by atoms with Crippen molar-refractivity contribution in [3.05, 3.63) is 90.1 Å². The summed E-state index contributed by atoms with van der Waals surface area (Å²) < 4.78 is 0. The van der Waals surface area contributed by atoms with Crippen LogP contribution in [0, 0.1) is 11.8 Å². The van der Waals surface area contributed by atoms with E-state index in [0.717, 1.165) is 43.9 Å². The lowest BCUT2D eigenvalue weighted by atomic mass is 9.85. The van der Waals surface area contributed by atoms with Crippen molar-refractivity contribution in [2.24, 2.45) is 11.8 Å². The van der Waals surface area contributed by atoms with E-state index in [1.54, 1.807) is 6.33 Å². The number of imidazole rings is 1. The average molecular weight is 401 g/mol. The first-order valence-electron chi connectivity index (χ1n) is 10.9. The highest BCUT2D eigenvalue weighted by atomic mass is 16.2. The zero-order valence-electron chi connectivity index (χ0n) is 17.2. The van der Waals surface area contributed by atoms with Crippen LogP contribution in [0.5, 0.6) is 0 Å². The summed E-state index contributed by atoms with van der Waals surface area (Å²) >= 11 is 0. The molecule has 1 aliphatic heterocycles. The number of carbonyl (C=O) groups excluding carboxylic acids is 1. The fourth-order valence-electron chi connectivity index (χ4n) is 4.85. The third-order valence-corrected chi connectivity index (χ3v) is 6.50. The van der Waals surface area contributed by atoms with Gasteiger partial charge in [0, 0.05) is 55.9 Å². The molecule has 2 heterocycles. The molecule has 5 heteroatoms.